The minimum atomic E-state index is -0.595. The van der Waals surface area contributed by atoms with Gasteiger partial charge >= 0.3 is 5.97 Å². The molecule has 0 aromatic heterocycles. The van der Waals surface area contributed by atoms with E-state index in [2.05, 4.69) is 19.2 Å². The van der Waals surface area contributed by atoms with E-state index in [1.54, 1.807) is 23.1 Å². The van der Waals surface area contributed by atoms with E-state index in [0.29, 0.717) is 42.2 Å². The molecule has 1 aromatic carbocycles. The van der Waals surface area contributed by atoms with Gasteiger partial charge in [0.15, 0.2) is 18.1 Å². The van der Waals surface area contributed by atoms with E-state index in [0.717, 1.165) is 12.8 Å². The number of ether oxygens (including phenoxy) is 3. The van der Waals surface area contributed by atoms with Gasteiger partial charge in [-0.1, -0.05) is 26.7 Å². The van der Waals surface area contributed by atoms with Crippen molar-refractivity contribution in [3.05, 3.63) is 18.2 Å². The van der Waals surface area contributed by atoms with Crippen LogP contribution in [0.25, 0.3) is 0 Å². The smallest absolute Gasteiger partial charge is 0.311 e. The molecule has 4 atom stereocenters. The fourth-order valence-electron chi connectivity index (χ4n) is 4.60. The third-order valence-corrected chi connectivity index (χ3v) is 6.69. The predicted molar refractivity (Wildman–Crippen MR) is 113 cm³/mol. The van der Waals surface area contributed by atoms with Gasteiger partial charge in [0, 0.05) is 30.8 Å². The van der Waals surface area contributed by atoms with Crippen LogP contribution in [0.4, 0.5) is 5.69 Å². The van der Waals surface area contributed by atoms with Crippen molar-refractivity contribution in [2.75, 3.05) is 31.3 Å². The lowest BCUT2D eigenvalue weighted by molar-refractivity contribution is -0.152. The first kappa shape index (κ1) is 21.5. The van der Waals surface area contributed by atoms with Crippen molar-refractivity contribution in [1.29, 1.82) is 0 Å². The van der Waals surface area contributed by atoms with Gasteiger partial charge in [-0.15, -0.1) is 0 Å². The second-order valence-corrected chi connectivity index (χ2v) is 8.78. The third kappa shape index (κ3) is 4.78. The molecule has 0 bridgehead atoms. The Kier molecular flexibility index (Phi) is 6.34. The van der Waals surface area contributed by atoms with Crippen LogP contribution in [-0.4, -0.2) is 50.2 Å². The Hall–Kier alpha value is -2.77. The van der Waals surface area contributed by atoms with Crippen molar-refractivity contribution < 1.29 is 28.6 Å². The Morgan fingerprint density at radius 2 is 1.94 bits per heavy atom. The lowest BCUT2D eigenvalue weighted by Gasteiger charge is -2.34. The summed E-state index contributed by atoms with van der Waals surface area (Å²) in [5, 5.41) is 3.00. The first-order valence-electron chi connectivity index (χ1n) is 11.1. The van der Waals surface area contributed by atoms with E-state index in [1.165, 1.54) is 6.42 Å². The molecular formula is C23H30N2O6. The van der Waals surface area contributed by atoms with Crippen molar-refractivity contribution in [2.45, 2.75) is 45.6 Å². The molecule has 0 spiro atoms. The number of benzene rings is 1. The van der Waals surface area contributed by atoms with E-state index in [1.807, 2.05) is 0 Å². The first-order chi connectivity index (χ1) is 14.9. The van der Waals surface area contributed by atoms with Crippen molar-refractivity contribution in [3.8, 4) is 11.5 Å². The van der Waals surface area contributed by atoms with Gasteiger partial charge in [0.25, 0.3) is 5.91 Å². The van der Waals surface area contributed by atoms with Crippen LogP contribution in [0.2, 0.25) is 0 Å². The number of rotatable bonds is 5. The summed E-state index contributed by atoms with van der Waals surface area (Å²) in [5.41, 5.74) is 0.655. The molecule has 0 radical (unpaired) electrons. The largest absolute Gasteiger partial charge is 0.486 e. The molecule has 1 saturated carbocycles. The number of hydrogen-bond acceptors (Lipinski definition) is 6. The molecule has 1 saturated heterocycles. The zero-order chi connectivity index (χ0) is 22.0. The summed E-state index contributed by atoms with van der Waals surface area (Å²) in [4.78, 5) is 38.8. The predicted octanol–water partition coefficient (Wildman–Crippen LogP) is 2.29. The summed E-state index contributed by atoms with van der Waals surface area (Å²) in [6.45, 7) is 5.21. The number of carbonyl (C=O) groups excluding carboxylic acids is 3. The van der Waals surface area contributed by atoms with Crippen LogP contribution in [0.15, 0.2) is 18.2 Å². The third-order valence-electron chi connectivity index (χ3n) is 6.69. The maximum atomic E-state index is 12.5. The van der Waals surface area contributed by atoms with Gasteiger partial charge in [-0.3, -0.25) is 14.4 Å². The Bertz CT molecular complexity index is 856. The SMILES string of the molecule is C[C@H]1[C@H](C)CCC[C@@H]1NC(=O)COC(=O)[C@@H]1CC(=O)N(c2ccc3c(c2)OCCO3)C1. The maximum Gasteiger partial charge on any atom is 0.311 e. The molecule has 168 valence electrons. The topological polar surface area (TPSA) is 94.2 Å². The lowest BCUT2D eigenvalue weighted by Crippen LogP contribution is -2.45. The van der Waals surface area contributed by atoms with Gasteiger partial charge in [-0.2, -0.15) is 0 Å². The van der Waals surface area contributed by atoms with E-state index >= 15 is 0 Å². The highest BCUT2D eigenvalue weighted by Gasteiger charge is 2.37. The molecule has 2 fully saturated rings. The minimum Gasteiger partial charge on any atom is -0.486 e. The fraction of sp³-hybridized carbons (Fsp3) is 0.609. The number of fused-ring (bicyclic) bond motifs is 1. The standard InChI is InChI=1S/C23H30N2O6/c1-14-4-3-5-18(15(14)2)24-21(26)13-31-23(28)16-10-22(27)25(12-16)17-6-7-19-20(11-17)30-9-8-29-19/h6-7,11,14-16,18H,3-5,8-10,12-13H2,1-2H3,(H,24,26)/t14-,15+,16-,18+/m1/s1. The molecule has 2 aliphatic heterocycles. The summed E-state index contributed by atoms with van der Waals surface area (Å²) in [7, 11) is 0. The highest BCUT2D eigenvalue weighted by Crippen LogP contribution is 2.36. The highest BCUT2D eigenvalue weighted by molar-refractivity contribution is 5.99. The molecule has 0 unspecified atom stereocenters. The van der Waals surface area contributed by atoms with Crippen molar-refractivity contribution in [2.24, 2.45) is 17.8 Å². The van der Waals surface area contributed by atoms with E-state index in [-0.39, 0.29) is 37.4 Å². The quantitative estimate of drug-likeness (QED) is 0.721. The number of anilines is 1. The second-order valence-electron chi connectivity index (χ2n) is 8.78. The molecule has 3 aliphatic rings. The zero-order valence-electron chi connectivity index (χ0n) is 18.1. The Morgan fingerprint density at radius 3 is 2.74 bits per heavy atom. The summed E-state index contributed by atoms with van der Waals surface area (Å²) < 4.78 is 16.3. The van der Waals surface area contributed by atoms with Gasteiger partial charge in [0.05, 0.1) is 5.92 Å². The molecule has 2 heterocycles. The fourth-order valence-corrected chi connectivity index (χ4v) is 4.60. The Labute approximate surface area is 182 Å². The van der Waals surface area contributed by atoms with Gasteiger partial charge in [0.1, 0.15) is 13.2 Å². The number of esters is 1. The Morgan fingerprint density at radius 1 is 1.16 bits per heavy atom. The zero-order valence-corrected chi connectivity index (χ0v) is 18.1. The molecule has 1 aromatic rings. The summed E-state index contributed by atoms with van der Waals surface area (Å²) >= 11 is 0. The van der Waals surface area contributed by atoms with Crippen LogP contribution in [0.1, 0.15) is 39.5 Å². The highest BCUT2D eigenvalue weighted by atomic mass is 16.6. The number of carbonyl (C=O) groups is 3. The summed E-state index contributed by atoms with van der Waals surface area (Å²) in [6.07, 6.45) is 3.28. The number of nitrogens with one attached hydrogen (secondary N) is 1. The molecule has 2 amide bonds. The average molecular weight is 431 g/mol. The van der Waals surface area contributed by atoms with Crippen LogP contribution >= 0.6 is 0 Å². The second kappa shape index (κ2) is 9.16. The van der Waals surface area contributed by atoms with Crippen LogP contribution in [-0.2, 0) is 19.1 Å². The average Bonchev–Trinajstić information content (AvgIpc) is 3.16. The number of amides is 2. The first-order valence-corrected chi connectivity index (χ1v) is 11.1. The molecule has 31 heavy (non-hydrogen) atoms. The van der Waals surface area contributed by atoms with Crippen molar-refractivity contribution in [1.82, 2.24) is 5.32 Å². The number of hydrogen-bond donors (Lipinski definition) is 1. The molecular weight excluding hydrogens is 400 g/mol. The van der Waals surface area contributed by atoms with Gasteiger partial charge in [-0.25, -0.2) is 0 Å². The van der Waals surface area contributed by atoms with Gasteiger partial charge in [0.2, 0.25) is 5.91 Å². The Balaban J connectivity index is 1.29. The lowest BCUT2D eigenvalue weighted by atomic mass is 9.78. The molecule has 4 rings (SSSR count). The number of nitrogens with zero attached hydrogens (tertiary/aromatic N) is 1. The molecule has 1 N–H and O–H groups in total. The van der Waals surface area contributed by atoms with E-state index in [9.17, 15) is 14.4 Å². The summed E-state index contributed by atoms with van der Waals surface area (Å²) in [5.74, 6) is 0.644. The van der Waals surface area contributed by atoms with E-state index < -0.39 is 11.9 Å². The minimum absolute atomic E-state index is 0.0616. The summed E-state index contributed by atoms with van der Waals surface area (Å²) in [6, 6.07) is 5.41. The van der Waals surface area contributed by atoms with Crippen LogP contribution in [0.5, 0.6) is 11.5 Å². The van der Waals surface area contributed by atoms with Crippen LogP contribution in [0, 0.1) is 17.8 Å². The van der Waals surface area contributed by atoms with Crippen LogP contribution in [0.3, 0.4) is 0 Å². The van der Waals surface area contributed by atoms with Gasteiger partial charge in [-0.05, 0) is 30.4 Å². The van der Waals surface area contributed by atoms with Crippen LogP contribution < -0.4 is 19.7 Å². The van der Waals surface area contributed by atoms with Gasteiger partial charge < -0.3 is 24.4 Å². The molecule has 1 aliphatic carbocycles. The van der Waals surface area contributed by atoms with Crippen molar-refractivity contribution in [3.63, 3.8) is 0 Å². The monoisotopic (exact) mass is 430 g/mol. The molecule has 8 heteroatoms. The van der Waals surface area contributed by atoms with E-state index in [4.69, 9.17) is 14.2 Å². The normalized spacial score (nSPS) is 27.7. The van der Waals surface area contributed by atoms with Crippen molar-refractivity contribution >= 4 is 23.5 Å². The maximum absolute atomic E-state index is 12.5. The molecule has 8 nitrogen and oxygen atoms in total.